The van der Waals surface area contributed by atoms with E-state index < -0.39 is 0 Å². The van der Waals surface area contributed by atoms with Crippen molar-refractivity contribution < 1.29 is 4.74 Å². The van der Waals surface area contributed by atoms with Crippen molar-refractivity contribution in [3.63, 3.8) is 0 Å². The Morgan fingerprint density at radius 2 is 2.20 bits per heavy atom. The van der Waals surface area contributed by atoms with Gasteiger partial charge in [-0.3, -0.25) is 0 Å². The van der Waals surface area contributed by atoms with E-state index in [4.69, 9.17) is 4.74 Å². The van der Waals surface area contributed by atoms with Gasteiger partial charge in [0.25, 0.3) is 0 Å². The Labute approximate surface area is 82.5 Å². The third-order valence-electron chi connectivity index (χ3n) is 2.27. The van der Waals surface area contributed by atoms with Gasteiger partial charge in [0, 0.05) is 8.06 Å². The highest BCUT2D eigenvalue weighted by Crippen LogP contribution is 2.50. The number of hydrogen-bond acceptors (Lipinski definition) is 1. The Kier molecular flexibility index (Phi) is 1.85. The predicted molar refractivity (Wildman–Crippen MR) is 52.5 cm³/mol. The fraction of sp³-hybridized carbons (Fsp3) is 0.714. The van der Waals surface area contributed by atoms with Crippen molar-refractivity contribution in [3.8, 4) is 0 Å². The van der Waals surface area contributed by atoms with Crippen molar-refractivity contribution >= 4 is 38.5 Å². The van der Waals surface area contributed by atoms with Crippen LogP contribution in [0.5, 0.6) is 0 Å². The molecule has 0 N–H and O–H groups in total. The minimum absolute atomic E-state index is 0.166. The number of rotatable bonds is 0. The first-order valence-corrected chi connectivity index (χ1v) is 5.30. The molecule has 1 aliphatic carbocycles. The van der Waals surface area contributed by atoms with E-state index >= 15 is 0 Å². The van der Waals surface area contributed by atoms with E-state index in [0.717, 1.165) is 6.61 Å². The Morgan fingerprint density at radius 1 is 1.50 bits per heavy atom. The molecule has 1 nitrogen and oxygen atoms in total. The van der Waals surface area contributed by atoms with Gasteiger partial charge in [-0.05, 0) is 41.9 Å². The summed E-state index contributed by atoms with van der Waals surface area (Å²) in [5.41, 5.74) is 0.166. The second-order valence-electron chi connectivity index (χ2n) is 2.86. The molecule has 1 saturated carbocycles. The second kappa shape index (κ2) is 2.45. The van der Waals surface area contributed by atoms with Crippen LogP contribution in [0, 0.1) is 0 Å². The second-order valence-corrected chi connectivity index (χ2v) is 4.89. The van der Waals surface area contributed by atoms with Crippen LogP contribution in [-0.2, 0) is 4.74 Å². The molecule has 0 atom stereocenters. The first-order chi connectivity index (χ1) is 4.75. The summed E-state index contributed by atoms with van der Waals surface area (Å²) in [5.74, 6) is 0. The van der Waals surface area contributed by atoms with Crippen molar-refractivity contribution in [2.45, 2.75) is 24.9 Å². The van der Waals surface area contributed by atoms with Crippen molar-refractivity contribution in [2.24, 2.45) is 0 Å². The standard InChI is InChI=1S/C7H8BrIO/c8-5-4-10-7(6(5)9)2-1-3-7/h1-4H2. The molecule has 0 bridgehead atoms. The van der Waals surface area contributed by atoms with Crippen LogP contribution in [0.25, 0.3) is 0 Å². The molecule has 2 rings (SSSR count). The van der Waals surface area contributed by atoms with Gasteiger partial charge in [-0.15, -0.1) is 0 Å². The van der Waals surface area contributed by atoms with Gasteiger partial charge < -0.3 is 4.74 Å². The molecule has 1 heterocycles. The Bertz CT molecular complexity index is 196. The number of hydrogen-bond donors (Lipinski definition) is 0. The number of ether oxygens (including phenoxy) is 1. The molecule has 56 valence electrons. The largest absolute Gasteiger partial charge is 0.365 e. The van der Waals surface area contributed by atoms with Crippen LogP contribution < -0.4 is 0 Å². The Morgan fingerprint density at radius 3 is 2.40 bits per heavy atom. The summed E-state index contributed by atoms with van der Waals surface area (Å²) >= 11 is 5.90. The lowest BCUT2D eigenvalue weighted by atomic mass is 9.81. The van der Waals surface area contributed by atoms with Crippen LogP contribution in [0.3, 0.4) is 0 Å². The quantitative estimate of drug-likeness (QED) is 0.625. The molecule has 1 spiro atoms. The van der Waals surface area contributed by atoms with Gasteiger partial charge in [0.15, 0.2) is 0 Å². The van der Waals surface area contributed by atoms with Crippen LogP contribution in [0.1, 0.15) is 19.3 Å². The summed E-state index contributed by atoms with van der Waals surface area (Å²) in [6, 6.07) is 0. The van der Waals surface area contributed by atoms with Crippen LogP contribution in [-0.4, -0.2) is 12.2 Å². The molecule has 10 heavy (non-hydrogen) atoms. The lowest BCUT2D eigenvalue weighted by Gasteiger charge is -2.37. The van der Waals surface area contributed by atoms with Gasteiger partial charge in [-0.2, -0.15) is 0 Å². The normalized spacial score (nSPS) is 29.4. The molecule has 2 aliphatic rings. The molecule has 0 unspecified atom stereocenters. The SMILES string of the molecule is BrC1=C(I)C2(CCC2)OC1. The van der Waals surface area contributed by atoms with E-state index in [-0.39, 0.29) is 5.60 Å². The molecular formula is C7H8BrIO. The smallest absolute Gasteiger partial charge is 0.100 e. The maximum atomic E-state index is 5.67. The molecule has 1 aliphatic heterocycles. The predicted octanol–water partition coefficient (Wildman–Crippen LogP) is 2.98. The van der Waals surface area contributed by atoms with E-state index in [9.17, 15) is 0 Å². The van der Waals surface area contributed by atoms with Crippen LogP contribution >= 0.6 is 38.5 Å². The molecule has 0 aromatic heterocycles. The van der Waals surface area contributed by atoms with Crippen molar-refractivity contribution in [3.05, 3.63) is 8.06 Å². The maximum absolute atomic E-state index is 5.67. The third kappa shape index (κ3) is 0.898. The summed E-state index contributed by atoms with van der Waals surface area (Å²) in [5, 5.41) is 0. The molecule has 1 fully saturated rings. The first kappa shape index (κ1) is 7.55. The van der Waals surface area contributed by atoms with E-state index in [1.54, 1.807) is 0 Å². The van der Waals surface area contributed by atoms with Crippen molar-refractivity contribution in [2.75, 3.05) is 6.61 Å². The van der Waals surface area contributed by atoms with E-state index in [2.05, 4.69) is 38.5 Å². The molecule has 3 heteroatoms. The number of halogens is 2. The minimum Gasteiger partial charge on any atom is -0.365 e. The van der Waals surface area contributed by atoms with Crippen LogP contribution in [0.15, 0.2) is 8.06 Å². The van der Waals surface area contributed by atoms with Gasteiger partial charge in [0.1, 0.15) is 5.60 Å². The zero-order chi connectivity index (χ0) is 7.19. The highest BCUT2D eigenvalue weighted by atomic mass is 127. The van der Waals surface area contributed by atoms with E-state index in [1.807, 2.05) is 0 Å². The Hall–Kier alpha value is 0.910. The summed E-state index contributed by atoms with van der Waals surface area (Å²) in [6.45, 7) is 0.790. The average molecular weight is 315 g/mol. The highest BCUT2D eigenvalue weighted by Gasteiger charge is 2.45. The summed E-state index contributed by atoms with van der Waals surface area (Å²) in [7, 11) is 0. The first-order valence-electron chi connectivity index (χ1n) is 3.43. The van der Waals surface area contributed by atoms with E-state index in [0.29, 0.717) is 0 Å². The minimum atomic E-state index is 0.166. The average Bonchev–Trinajstić information content (AvgIpc) is 2.10. The highest BCUT2D eigenvalue weighted by molar-refractivity contribution is 14.1. The molecule has 0 amide bonds. The van der Waals surface area contributed by atoms with E-state index in [1.165, 1.54) is 27.3 Å². The topological polar surface area (TPSA) is 9.23 Å². The van der Waals surface area contributed by atoms with Gasteiger partial charge in [0.2, 0.25) is 0 Å². The lowest BCUT2D eigenvalue weighted by Crippen LogP contribution is -2.37. The fourth-order valence-corrected chi connectivity index (χ4v) is 2.76. The zero-order valence-electron chi connectivity index (χ0n) is 5.49. The molecule has 0 saturated heterocycles. The fourth-order valence-electron chi connectivity index (χ4n) is 1.44. The third-order valence-corrected chi connectivity index (χ3v) is 5.28. The van der Waals surface area contributed by atoms with Crippen LogP contribution in [0.2, 0.25) is 0 Å². The van der Waals surface area contributed by atoms with Crippen molar-refractivity contribution in [1.82, 2.24) is 0 Å². The molecule has 0 radical (unpaired) electrons. The van der Waals surface area contributed by atoms with Crippen LogP contribution in [0.4, 0.5) is 0 Å². The maximum Gasteiger partial charge on any atom is 0.100 e. The summed E-state index contributed by atoms with van der Waals surface area (Å²) < 4.78 is 8.33. The lowest BCUT2D eigenvalue weighted by molar-refractivity contribution is -0.0348. The van der Waals surface area contributed by atoms with Gasteiger partial charge in [-0.1, -0.05) is 15.9 Å². The van der Waals surface area contributed by atoms with Gasteiger partial charge >= 0.3 is 0 Å². The molecule has 0 aromatic carbocycles. The summed E-state index contributed by atoms with van der Waals surface area (Å²) in [6.07, 6.45) is 3.77. The van der Waals surface area contributed by atoms with Crippen molar-refractivity contribution in [1.29, 1.82) is 0 Å². The monoisotopic (exact) mass is 314 g/mol. The molecular weight excluding hydrogens is 307 g/mol. The van der Waals surface area contributed by atoms with Gasteiger partial charge in [0.05, 0.1) is 6.61 Å². The Balaban J connectivity index is 2.27. The molecule has 0 aromatic rings. The summed E-state index contributed by atoms with van der Waals surface area (Å²) in [4.78, 5) is 0. The van der Waals surface area contributed by atoms with Gasteiger partial charge in [-0.25, -0.2) is 0 Å². The zero-order valence-corrected chi connectivity index (χ0v) is 9.24.